The predicted molar refractivity (Wildman–Crippen MR) is 104 cm³/mol. The molecule has 1 N–H and O–H groups in total. The van der Waals surface area contributed by atoms with Crippen molar-refractivity contribution in [1.29, 1.82) is 0 Å². The van der Waals surface area contributed by atoms with Crippen LogP contribution in [0.2, 0.25) is 0 Å². The zero-order chi connectivity index (χ0) is 19.6. The van der Waals surface area contributed by atoms with Gasteiger partial charge in [-0.2, -0.15) is 4.98 Å². The Hall–Kier alpha value is -2.55. The Kier molecular flexibility index (Phi) is 5.25. The Balaban J connectivity index is 1.43. The van der Waals surface area contributed by atoms with E-state index in [2.05, 4.69) is 14.9 Å². The number of sulfonamides is 1. The molecule has 2 heterocycles. The fourth-order valence-electron chi connectivity index (χ4n) is 3.51. The minimum absolute atomic E-state index is 0.111. The number of hydrogen-bond donors (Lipinski definition) is 1. The number of likely N-dealkylation sites (N-methyl/N-ethyl adjacent to an activating group) is 1. The summed E-state index contributed by atoms with van der Waals surface area (Å²) in [6, 6.07) is 18.0. The Morgan fingerprint density at radius 2 is 1.79 bits per heavy atom. The zero-order valence-electron chi connectivity index (χ0n) is 15.5. The fraction of sp³-hybridized carbons (Fsp3) is 0.300. The number of nitrogens with one attached hydrogen (secondary N) is 1. The summed E-state index contributed by atoms with van der Waals surface area (Å²) in [5, 5.41) is 4.09. The van der Waals surface area contributed by atoms with Gasteiger partial charge in [-0.15, -0.1) is 0 Å². The maximum atomic E-state index is 12.6. The number of hydrogen-bond acceptors (Lipinski definition) is 6. The van der Waals surface area contributed by atoms with Crippen LogP contribution in [-0.2, 0) is 16.4 Å². The van der Waals surface area contributed by atoms with E-state index in [-0.39, 0.29) is 17.0 Å². The van der Waals surface area contributed by atoms with E-state index in [1.807, 2.05) is 42.3 Å². The van der Waals surface area contributed by atoms with Gasteiger partial charge in [-0.25, -0.2) is 13.1 Å². The smallest absolute Gasteiger partial charge is 0.244 e. The zero-order valence-corrected chi connectivity index (χ0v) is 16.3. The van der Waals surface area contributed by atoms with Gasteiger partial charge in [0.2, 0.25) is 15.9 Å². The Labute approximate surface area is 164 Å². The third-order valence-electron chi connectivity index (χ3n) is 4.90. The first-order chi connectivity index (χ1) is 13.5. The molecular formula is C20H22N4O3S. The molecule has 0 aliphatic carbocycles. The first kappa shape index (κ1) is 18.8. The van der Waals surface area contributed by atoms with Gasteiger partial charge in [0, 0.05) is 19.0 Å². The molecule has 3 aromatic rings. The van der Waals surface area contributed by atoms with Crippen molar-refractivity contribution in [2.45, 2.75) is 29.8 Å². The van der Waals surface area contributed by atoms with E-state index in [1.54, 1.807) is 30.3 Å². The van der Waals surface area contributed by atoms with Crippen molar-refractivity contribution in [3.05, 3.63) is 77.9 Å². The summed E-state index contributed by atoms with van der Waals surface area (Å²) in [5.41, 5.74) is 1.11. The second-order valence-electron chi connectivity index (χ2n) is 7.03. The van der Waals surface area contributed by atoms with Gasteiger partial charge in [0.15, 0.2) is 5.82 Å². The van der Waals surface area contributed by atoms with Crippen LogP contribution in [0.1, 0.15) is 29.7 Å². The maximum absolute atomic E-state index is 12.6. The van der Waals surface area contributed by atoms with Crippen LogP contribution >= 0.6 is 0 Å². The van der Waals surface area contributed by atoms with Crippen molar-refractivity contribution < 1.29 is 12.9 Å². The fourth-order valence-corrected chi connectivity index (χ4v) is 4.77. The molecule has 0 amide bonds. The highest BCUT2D eigenvalue weighted by Crippen LogP contribution is 2.30. The molecule has 0 bridgehead atoms. The van der Waals surface area contributed by atoms with Gasteiger partial charge in [-0.1, -0.05) is 53.7 Å². The summed E-state index contributed by atoms with van der Waals surface area (Å²) in [6.07, 6.45) is 1.18. The molecule has 2 aromatic carbocycles. The molecule has 28 heavy (non-hydrogen) atoms. The average molecular weight is 398 g/mol. The highest BCUT2D eigenvalue weighted by molar-refractivity contribution is 7.89. The van der Waals surface area contributed by atoms with Crippen molar-refractivity contribution in [3.8, 4) is 0 Å². The van der Waals surface area contributed by atoms with Crippen molar-refractivity contribution in [1.82, 2.24) is 19.8 Å². The highest BCUT2D eigenvalue weighted by Gasteiger charge is 2.36. The third kappa shape index (κ3) is 4.14. The molecule has 1 aromatic heterocycles. The van der Waals surface area contributed by atoms with E-state index in [0.717, 1.165) is 5.56 Å². The molecule has 8 heteroatoms. The maximum Gasteiger partial charge on any atom is 0.244 e. The first-order valence-electron chi connectivity index (χ1n) is 9.15. The molecular weight excluding hydrogens is 376 g/mol. The summed E-state index contributed by atoms with van der Waals surface area (Å²) in [6.45, 7) is 0.577. The SMILES string of the molecule is CN1C[C@@H](NS(=O)(=O)c2ccccc2)C[C@H]1c1nc(Cc2ccccc2)no1. The van der Waals surface area contributed by atoms with Crippen molar-refractivity contribution in [3.63, 3.8) is 0 Å². The molecule has 146 valence electrons. The van der Waals surface area contributed by atoms with Crippen molar-refractivity contribution >= 4 is 10.0 Å². The van der Waals surface area contributed by atoms with Gasteiger partial charge in [0.1, 0.15) is 0 Å². The molecule has 0 unspecified atom stereocenters. The molecule has 0 radical (unpaired) electrons. The topological polar surface area (TPSA) is 88.3 Å². The second kappa shape index (κ2) is 7.83. The van der Waals surface area contributed by atoms with Gasteiger partial charge in [-0.05, 0) is 31.2 Å². The van der Waals surface area contributed by atoms with E-state index in [0.29, 0.717) is 31.1 Å². The Bertz CT molecular complexity index is 1020. The van der Waals surface area contributed by atoms with Crippen LogP contribution in [0.4, 0.5) is 0 Å². The summed E-state index contributed by atoms with van der Waals surface area (Å²) >= 11 is 0. The van der Waals surface area contributed by atoms with Crippen molar-refractivity contribution in [2.75, 3.05) is 13.6 Å². The molecule has 4 rings (SSSR count). The molecule has 1 fully saturated rings. The van der Waals surface area contributed by atoms with Crippen LogP contribution in [0.15, 0.2) is 70.1 Å². The monoisotopic (exact) mass is 398 g/mol. The van der Waals surface area contributed by atoms with Crippen LogP contribution in [0.5, 0.6) is 0 Å². The molecule has 1 saturated heterocycles. The summed E-state index contributed by atoms with van der Waals surface area (Å²) < 4.78 is 33.4. The van der Waals surface area contributed by atoms with E-state index in [1.165, 1.54) is 0 Å². The summed E-state index contributed by atoms with van der Waals surface area (Å²) in [4.78, 5) is 6.84. The van der Waals surface area contributed by atoms with Crippen LogP contribution < -0.4 is 4.72 Å². The van der Waals surface area contributed by atoms with E-state index in [9.17, 15) is 8.42 Å². The lowest BCUT2D eigenvalue weighted by Gasteiger charge is -2.14. The van der Waals surface area contributed by atoms with Gasteiger partial charge in [0.25, 0.3) is 0 Å². The number of rotatable bonds is 6. The summed E-state index contributed by atoms with van der Waals surface area (Å²) in [5.74, 6) is 1.15. The number of nitrogens with zero attached hydrogens (tertiary/aromatic N) is 3. The average Bonchev–Trinajstić information content (AvgIpc) is 3.29. The quantitative estimate of drug-likeness (QED) is 0.686. The third-order valence-corrected chi connectivity index (χ3v) is 6.43. The lowest BCUT2D eigenvalue weighted by Crippen LogP contribution is -2.36. The van der Waals surface area contributed by atoms with Crippen LogP contribution in [-0.4, -0.2) is 43.1 Å². The summed E-state index contributed by atoms with van der Waals surface area (Å²) in [7, 11) is -1.62. The van der Waals surface area contributed by atoms with Crippen LogP contribution in [0.25, 0.3) is 0 Å². The molecule has 1 aliphatic heterocycles. The van der Waals surface area contributed by atoms with Crippen LogP contribution in [0.3, 0.4) is 0 Å². The number of benzene rings is 2. The van der Waals surface area contributed by atoms with Crippen LogP contribution in [0, 0.1) is 0 Å². The van der Waals surface area contributed by atoms with Gasteiger partial charge in [0.05, 0.1) is 10.9 Å². The van der Waals surface area contributed by atoms with Crippen molar-refractivity contribution in [2.24, 2.45) is 0 Å². The first-order valence-corrected chi connectivity index (χ1v) is 10.6. The minimum Gasteiger partial charge on any atom is -0.338 e. The molecule has 0 saturated carbocycles. The lowest BCUT2D eigenvalue weighted by molar-refractivity contribution is 0.244. The molecule has 2 atom stereocenters. The lowest BCUT2D eigenvalue weighted by atomic mass is 10.1. The number of aromatic nitrogens is 2. The number of likely N-dealkylation sites (tertiary alicyclic amines) is 1. The highest BCUT2D eigenvalue weighted by atomic mass is 32.2. The predicted octanol–water partition coefficient (Wildman–Crippen LogP) is 2.38. The molecule has 0 spiro atoms. The second-order valence-corrected chi connectivity index (χ2v) is 8.75. The van der Waals surface area contributed by atoms with Gasteiger partial charge in [-0.3, -0.25) is 4.90 Å². The Morgan fingerprint density at radius 3 is 2.50 bits per heavy atom. The van der Waals surface area contributed by atoms with E-state index < -0.39 is 10.0 Å². The van der Waals surface area contributed by atoms with E-state index in [4.69, 9.17) is 4.52 Å². The standard InChI is InChI=1S/C20H22N4O3S/c1-24-14-16(23-28(25,26)17-10-6-3-7-11-17)13-18(24)20-21-19(22-27-20)12-15-8-4-2-5-9-15/h2-11,16,18,23H,12-14H2,1H3/t16-,18-/m0/s1. The minimum atomic E-state index is -3.55. The van der Waals surface area contributed by atoms with E-state index >= 15 is 0 Å². The molecule has 1 aliphatic rings. The molecule has 7 nitrogen and oxygen atoms in total. The normalized spacial score (nSPS) is 20.5. The Morgan fingerprint density at radius 1 is 1.11 bits per heavy atom. The largest absolute Gasteiger partial charge is 0.338 e. The van der Waals surface area contributed by atoms with Gasteiger partial charge >= 0.3 is 0 Å². The van der Waals surface area contributed by atoms with Gasteiger partial charge < -0.3 is 4.52 Å².